The lowest BCUT2D eigenvalue weighted by atomic mass is 9.63. The van der Waals surface area contributed by atoms with Crippen LogP contribution in [0.4, 0.5) is 4.39 Å². The van der Waals surface area contributed by atoms with Gasteiger partial charge in [0.1, 0.15) is 0 Å². The van der Waals surface area contributed by atoms with Crippen LogP contribution in [-0.4, -0.2) is 16.6 Å². The highest BCUT2D eigenvalue weighted by Gasteiger charge is 2.64. The van der Waals surface area contributed by atoms with Crippen LogP contribution in [0.3, 0.4) is 0 Å². The van der Waals surface area contributed by atoms with E-state index >= 15 is 0 Å². The van der Waals surface area contributed by atoms with Crippen molar-refractivity contribution < 1.29 is 9.15 Å². The van der Waals surface area contributed by atoms with E-state index in [9.17, 15) is 9.30 Å². The maximum atomic E-state index is 13.9. The predicted molar refractivity (Wildman–Crippen MR) is 41.3 cm³/mol. The average Bonchev–Trinajstić information content (AvgIpc) is 1.98. The van der Waals surface area contributed by atoms with Crippen LogP contribution in [0.15, 0.2) is 0 Å². The second-order valence-corrected chi connectivity index (χ2v) is 4.75. The first-order valence-corrected chi connectivity index (χ1v) is 4.83. The summed E-state index contributed by atoms with van der Waals surface area (Å²) in [5, 5.41) is 0. The molecule has 0 amide bonds. The zero-order valence-corrected chi connectivity index (χ0v) is 7.00. The molecule has 2 nitrogen and oxygen atoms in total. The second-order valence-electron chi connectivity index (χ2n) is 4.75. The van der Waals surface area contributed by atoms with Crippen molar-refractivity contribution >= 4 is 0 Å². The lowest BCUT2D eigenvalue weighted by Crippen LogP contribution is -2.58. The summed E-state index contributed by atoms with van der Waals surface area (Å²) in [5.41, 5.74) is 0. The summed E-state index contributed by atoms with van der Waals surface area (Å²) < 4.78 is 14.7. The third-order valence-corrected chi connectivity index (χ3v) is 3.81. The van der Waals surface area contributed by atoms with Crippen molar-refractivity contribution in [2.75, 3.05) is 0 Å². The Balaban J connectivity index is 2.02. The van der Waals surface area contributed by atoms with Gasteiger partial charge in [0.05, 0.1) is 12.8 Å². The Morgan fingerprint density at radius 1 is 1.17 bits per heavy atom. The number of nitroso groups, excluding NO2 is 1. The number of halogens is 1. The summed E-state index contributed by atoms with van der Waals surface area (Å²) >= 11 is 0. The SMILES string of the molecule is O=[N+]1C2CC3CC(C2)CC1(F)C3. The number of nitrogens with zero attached hydrogens (tertiary/aromatic N) is 1. The molecule has 0 N–H and O–H groups in total. The summed E-state index contributed by atoms with van der Waals surface area (Å²) in [6.07, 6.45) is 4.08. The van der Waals surface area contributed by atoms with Crippen LogP contribution < -0.4 is 0 Å². The van der Waals surface area contributed by atoms with E-state index in [0.29, 0.717) is 24.7 Å². The molecule has 0 aromatic heterocycles. The molecule has 2 heterocycles. The van der Waals surface area contributed by atoms with Crippen LogP contribution in [0, 0.1) is 16.7 Å². The molecule has 3 heteroatoms. The van der Waals surface area contributed by atoms with E-state index in [-0.39, 0.29) is 6.04 Å². The van der Waals surface area contributed by atoms with E-state index in [1.807, 2.05) is 0 Å². The molecule has 12 heavy (non-hydrogen) atoms. The fourth-order valence-corrected chi connectivity index (χ4v) is 3.53. The zero-order chi connectivity index (χ0) is 8.34. The molecule has 2 unspecified atom stereocenters. The second kappa shape index (κ2) is 1.88. The highest BCUT2D eigenvalue weighted by Crippen LogP contribution is 2.52. The van der Waals surface area contributed by atoms with Crippen molar-refractivity contribution in [1.82, 2.24) is 0 Å². The van der Waals surface area contributed by atoms with Crippen molar-refractivity contribution in [3.63, 3.8) is 0 Å². The Morgan fingerprint density at radius 3 is 2.25 bits per heavy atom. The minimum atomic E-state index is -1.46. The normalized spacial score (nSPS) is 56.4. The first kappa shape index (κ1) is 6.98. The Kier molecular flexibility index (Phi) is 1.10. The zero-order valence-electron chi connectivity index (χ0n) is 7.00. The fourth-order valence-electron chi connectivity index (χ4n) is 3.53. The van der Waals surface area contributed by atoms with E-state index in [1.54, 1.807) is 0 Å². The Bertz CT molecular complexity index is 239. The van der Waals surface area contributed by atoms with Gasteiger partial charge in [-0.1, -0.05) is 0 Å². The van der Waals surface area contributed by atoms with Gasteiger partial charge in [-0.3, -0.25) is 0 Å². The lowest BCUT2D eigenvalue weighted by Gasteiger charge is -2.45. The summed E-state index contributed by atoms with van der Waals surface area (Å²) in [6.45, 7) is 0. The average molecular weight is 170 g/mol. The third kappa shape index (κ3) is 0.697. The van der Waals surface area contributed by atoms with Crippen LogP contribution in [0.2, 0.25) is 0 Å². The minimum absolute atomic E-state index is 0.0150. The van der Waals surface area contributed by atoms with Gasteiger partial charge in [-0.2, -0.15) is 4.39 Å². The van der Waals surface area contributed by atoms with E-state index in [2.05, 4.69) is 0 Å². The molecule has 2 saturated carbocycles. The first-order chi connectivity index (χ1) is 5.67. The molecule has 4 fully saturated rings. The largest absolute Gasteiger partial charge is 0.349 e. The Hall–Kier alpha value is -0.470. The smallest absolute Gasteiger partial charge is 0.167 e. The molecule has 4 rings (SSSR count). The molecule has 4 bridgehead atoms. The van der Waals surface area contributed by atoms with Crippen LogP contribution >= 0.6 is 0 Å². The Labute approximate surface area is 70.7 Å². The molecule has 2 aliphatic carbocycles. The van der Waals surface area contributed by atoms with Crippen molar-refractivity contribution in [2.24, 2.45) is 11.8 Å². The van der Waals surface area contributed by atoms with Gasteiger partial charge in [-0.15, -0.1) is 0 Å². The molecule has 0 aromatic carbocycles. The van der Waals surface area contributed by atoms with Gasteiger partial charge in [0.25, 0.3) is 0 Å². The highest BCUT2D eigenvalue weighted by molar-refractivity contribution is 4.95. The van der Waals surface area contributed by atoms with Crippen molar-refractivity contribution in [3.05, 3.63) is 4.91 Å². The molecular weight excluding hydrogens is 157 g/mol. The van der Waals surface area contributed by atoms with Gasteiger partial charge >= 0.3 is 5.79 Å². The van der Waals surface area contributed by atoms with E-state index in [0.717, 1.165) is 17.6 Å². The molecule has 4 aliphatic rings. The Morgan fingerprint density at radius 2 is 1.75 bits per heavy atom. The topological polar surface area (TPSA) is 20.1 Å². The minimum Gasteiger partial charge on any atom is -0.167 e. The van der Waals surface area contributed by atoms with Crippen molar-refractivity contribution in [3.8, 4) is 0 Å². The molecule has 2 saturated heterocycles. The quantitative estimate of drug-likeness (QED) is 0.402. The van der Waals surface area contributed by atoms with Gasteiger partial charge in [0, 0.05) is 22.5 Å². The van der Waals surface area contributed by atoms with Crippen LogP contribution in [0.5, 0.6) is 0 Å². The molecule has 66 valence electrons. The number of hydrogen-bond acceptors (Lipinski definition) is 1. The molecule has 2 aliphatic heterocycles. The summed E-state index contributed by atoms with van der Waals surface area (Å²) in [7, 11) is 0. The van der Waals surface area contributed by atoms with E-state index in [4.69, 9.17) is 0 Å². The molecule has 0 spiro atoms. The van der Waals surface area contributed by atoms with E-state index in [1.165, 1.54) is 6.42 Å². The van der Waals surface area contributed by atoms with Gasteiger partial charge in [0.2, 0.25) is 6.04 Å². The summed E-state index contributed by atoms with van der Waals surface area (Å²) in [4.78, 5) is 11.4. The van der Waals surface area contributed by atoms with Crippen LogP contribution in [0.25, 0.3) is 0 Å². The fraction of sp³-hybridized carbons (Fsp3) is 1.00. The van der Waals surface area contributed by atoms with Crippen LogP contribution in [0.1, 0.15) is 32.1 Å². The summed E-state index contributed by atoms with van der Waals surface area (Å²) in [5.74, 6) is -0.440. The third-order valence-electron chi connectivity index (χ3n) is 3.81. The first-order valence-electron chi connectivity index (χ1n) is 4.83. The standard InChI is InChI=1S/C9H13FNO/c10-9-4-6-1-7(5-9)3-8(2-6)11(9)12/h6-8H,1-5H2/q+1. The number of piperidine rings is 2. The lowest BCUT2D eigenvalue weighted by molar-refractivity contribution is -0.720. The van der Waals surface area contributed by atoms with Gasteiger partial charge in [-0.25, -0.2) is 0 Å². The number of alkyl halides is 1. The van der Waals surface area contributed by atoms with Gasteiger partial charge < -0.3 is 0 Å². The van der Waals surface area contributed by atoms with Gasteiger partial charge in [-0.05, 0) is 18.3 Å². The highest BCUT2D eigenvalue weighted by atomic mass is 19.1. The van der Waals surface area contributed by atoms with E-state index < -0.39 is 5.79 Å². The van der Waals surface area contributed by atoms with Gasteiger partial charge in [0.15, 0.2) is 0 Å². The van der Waals surface area contributed by atoms with Crippen LogP contribution in [-0.2, 0) is 0 Å². The molecular formula is C9H13FNO+. The molecule has 0 radical (unpaired) electrons. The maximum Gasteiger partial charge on any atom is 0.349 e. The van der Waals surface area contributed by atoms with Crippen molar-refractivity contribution in [2.45, 2.75) is 43.9 Å². The molecule has 0 aromatic rings. The predicted octanol–water partition coefficient (Wildman–Crippen LogP) is 2.02. The monoisotopic (exact) mass is 170 g/mol. The van der Waals surface area contributed by atoms with Crippen molar-refractivity contribution in [1.29, 1.82) is 0 Å². The molecule has 2 atom stereocenters. The summed E-state index contributed by atoms with van der Waals surface area (Å²) in [6, 6.07) is 0.0150. The number of rotatable bonds is 0. The maximum absolute atomic E-state index is 13.9. The number of hydrogen-bond donors (Lipinski definition) is 0.